The molecule has 1 unspecified atom stereocenters. The number of rotatable bonds is 3. The summed E-state index contributed by atoms with van der Waals surface area (Å²) in [5, 5.41) is 9.12. The van der Waals surface area contributed by atoms with Crippen LogP contribution in [0.25, 0.3) is 0 Å². The number of nitrogens with zero attached hydrogens (tertiary/aromatic N) is 1. The van der Waals surface area contributed by atoms with Crippen molar-refractivity contribution < 1.29 is 14.6 Å². The van der Waals surface area contributed by atoms with Gasteiger partial charge in [0.15, 0.2) is 0 Å². The molecular weight excluding hydrogens is 286 g/mol. The number of carboxylic acid groups (broad SMARTS) is 1. The lowest BCUT2D eigenvalue weighted by Gasteiger charge is -2.32. The molecule has 0 aromatic heterocycles. The highest BCUT2D eigenvalue weighted by molar-refractivity contribution is 9.10. The zero-order valence-corrected chi connectivity index (χ0v) is 10.9. The van der Waals surface area contributed by atoms with Gasteiger partial charge < -0.3 is 9.84 Å². The topological polar surface area (TPSA) is 49.8 Å². The molecule has 4 nitrogen and oxygen atoms in total. The standard InChI is InChI=1S/C12H14BrNO3/c13-10-4-2-1-3-9(10)7-14-5-6-17-8-11(14)12(15)16/h1-4,11H,5-8H2,(H,15,16). The van der Waals surface area contributed by atoms with Crippen LogP contribution in [-0.2, 0) is 16.1 Å². The molecule has 1 N–H and O–H groups in total. The fourth-order valence-electron chi connectivity index (χ4n) is 1.90. The van der Waals surface area contributed by atoms with Crippen molar-refractivity contribution in [2.45, 2.75) is 12.6 Å². The van der Waals surface area contributed by atoms with E-state index in [4.69, 9.17) is 9.84 Å². The number of halogens is 1. The summed E-state index contributed by atoms with van der Waals surface area (Å²) in [5.41, 5.74) is 1.10. The summed E-state index contributed by atoms with van der Waals surface area (Å²) in [6, 6.07) is 7.32. The van der Waals surface area contributed by atoms with Gasteiger partial charge in [0.05, 0.1) is 13.2 Å². The van der Waals surface area contributed by atoms with E-state index in [1.807, 2.05) is 29.2 Å². The van der Waals surface area contributed by atoms with E-state index < -0.39 is 12.0 Å². The van der Waals surface area contributed by atoms with E-state index in [2.05, 4.69) is 15.9 Å². The predicted molar refractivity (Wildman–Crippen MR) is 66.8 cm³/mol. The third-order valence-corrected chi connectivity index (χ3v) is 3.63. The van der Waals surface area contributed by atoms with E-state index in [9.17, 15) is 4.79 Å². The van der Waals surface area contributed by atoms with Gasteiger partial charge in [-0.25, -0.2) is 0 Å². The van der Waals surface area contributed by atoms with Gasteiger partial charge in [0.2, 0.25) is 0 Å². The van der Waals surface area contributed by atoms with E-state index in [-0.39, 0.29) is 6.61 Å². The number of hydrogen-bond acceptors (Lipinski definition) is 3. The van der Waals surface area contributed by atoms with E-state index in [0.717, 1.165) is 10.0 Å². The maximum Gasteiger partial charge on any atom is 0.323 e. The molecule has 0 bridgehead atoms. The number of ether oxygens (including phenoxy) is 1. The summed E-state index contributed by atoms with van der Waals surface area (Å²) >= 11 is 3.47. The second-order valence-corrected chi connectivity index (χ2v) is 4.85. The summed E-state index contributed by atoms with van der Waals surface area (Å²) < 4.78 is 6.22. The molecule has 1 atom stereocenters. The number of carboxylic acids is 1. The van der Waals surface area contributed by atoms with Crippen molar-refractivity contribution in [1.82, 2.24) is 4.90 Å². The highest BCUT2D eigenvalue weighted by atomic mass is 79.9. The van der Waals surface area contributed by atoms with Crippen molar-refractivity contribution in [2.24, 2.45) is 0 Å². The van der Waals surface area contributed by atoms with Crippen molar-refractivity contribution in [2.75, 3.05) is 19.8 Å². The molecule has 17 heavy (non-hydrogen) atoms. The van der Waals surface area contributed by atoms with Crippen LogP contribution in [0.4, 0.5) is 0 Å². The summed E-state index contributed by atoms with van der Waals surface area (Å²) in [5.74, 6) is -0.822. The quantitative estimate of drug-likeness (QED) is 0.923. The Morgan fingerprint density at radius 2 is 2.29 bits per heavy atom. The van der Waals surface area contributed by atoms with E-state index >= 15 is 0 Å². The van der Waals surface area contributed by atoms with E-state index in [1.165, 1.54) is 0 Å². The molecule has 1 saturated heterocycles. The average molecular weight is 300 g/mol. The second kappa shape index (κ2) is 5.62. The highest BCUT2D eigenvalue weighted by Gasteiger charge is 2.29. The third-order valence-electron chi connectivity index (χ3n) is 2.86. The van der Waals surface area contributed by atoms with Crippen LogP contribution in [0.15, 0.2) is 28.7 Å². The molecule has 0 aliphatic carbocycles. The van der Waals surface area contributed by atoms with Crippen molar-refractivity contribution in [3.8, 4) is 0 Å². The normalized spacial score (nSPS) is 21.4. The van der Waals surface area contributed by atoms with Gasteiger partial charge in [-0.3, -0.25) is 9.69 Å². The molecule has 2 rings (SSSR count). The smallest absolute Gasteiger partial charge is 0.323 e. The second-order valence-electron chi connectivity index (χ2n) is 3.99. The molecule has 1 aromatic rings. The largest absolute Gasteiger partial charge is 0.480 e. The molecule has 1 fully saturated rings. The first-order chi connectivity index (χ1) is 8.18. The van der Waals surface area contributed by atoms with Gasteiger partial charge >= 0.3 is 5.97 Å². The van der Waals surface area contributed by atoms with Gasteiger partial charge in [0, 0.05) is 17.6 Å². The van der Waals surface area contributed by atoms with Gasteiger partial charge in [-0.1, -0.05) is 34.1 Å². The molecule has 0 radical (unpaired) electrons. The van der Waals surface area contributed by atoms with Gasteiger partial charge in [0.25, 0.3) is 0 Å². The summed E-state index contributed by atoms with van der Waals surface area (Å²) in [4.78, 5) is 13.0. The minimum absolute atomic E-state index is 0.264. The molecule has 1 aliphatic rings. The highest BCUT2D eigenvalue weighted by Crippen LogP contribution is 2.20. The molecule has 5 heteroatoms. The molecule has 0 amide bonds. The van der Waals surface area contributed by atoms with Crippen LogP contribution >= 0.6 is 15.9 Å². The summed E-state index contributed by atoms with van der Waals surface area (Å²) in [6.07, 6.45) is 0. The van der Waals surface area contributed by atoms with Crippen molar-refractivity contribution >= 4 is 21.9 Å². The molecule has 0 spiro atoms. The van der Waals surface area contributed by atoms with Gasteiger partial charge in [-0.2, -0.15) is 0 Å². The van der Waals surface area contributed by atoms with E-state index in [1.54, 1.807) is 0 Å². The van der Waals surface area contributed by atoms with Gasteiger partial charge in [-0.05, 0) is 11.6 Å². The Labute approximate surface area is 108 Å². The first-order valence-electron chi connectivity index (χ1n) is 5.46. The van der Waals surface area contributed by atoms with Gasteiger partial charge in [0.1, 0.15) is 6.04 Å². The number of benzene rings is 1. The minimum atomic E-state index is -0.822. The van der Waals surface area contributed by atoms with Crippen LogP contribution in [0, 0.1) is 0 Å². The molecule has 92 valence electrons. The molecule has 1 aromatic carbocycles. The maximum absolute atomic E-state index is 11.1. The Morgan fingerprint density at radius 3 is 3.00 bits per heavy atom. The monoisotopic (exact) mass is 299 g/mol. The number of morpholine rings is 1. The lowest BCUT2D eigenvalue weighted by molar-refractivity contribution is -0.150. The molecule has 1 heterocycles. The molecular formula is C12H14BrNO3. The molecule has 0 saturated carbocycles. The zero-order chi connectivity index (χ0) is 12.3. The van der Waals surface area contributed by atoms with Crippen LogP contribution in [-0.4, -0.2) is 41.8 Å². The Balaban J connectivity index is 2.11. The Morgan fingerprint density at radius 1 is 1.53 bits per heavy atom. The van der Waals surface area contributed by atoms with Crippen LogP contribution in [0.2, 0.25) is 0 Å². The van der Waals surface area contributed by atoms with Crippen molar-refractivity contribution in [3.05, 3.63) is 34.3 Å². The van der Waals surface area contributed by atoms with Crippen molar-refractivity contribution in [1.29, 1.82) is 0 Å². The number of aliphatic carboxylic acids is 1. The minimum Gasteiger partial charge on any atom is -0.480 e. The Hall–Kier alpha value is -0.910. The van der Waals surface area contributed by atoms with Crippen LogP contribution < -0.4 is 0 Å². The van der Waals surface area contributed by atoms with Gasteiger partial charge in [-0.15, -0.1) is 0 Å². The molecule has 1 aliphatic heterocycles. The predicted octanol–water partition coefficient (Wildman–Crippen LogP) is 1.73. The van der Waals surface area contributed by atoms with Crippen LogP contribution in [0.3, 0.4) is 0 Å². The number of carbonyl (C=O) groups is 1. The Kier molecular flexibility index (Phi) is 4.15. The first-order valence-corrected chi connectivity index (χ1v) is 6.26. The maximum atomic E-state index is 11.1. The lowest BCUT2D eigenvalue weighted by atomic mass is 10.1. The summed E-state index contributed by atoms with van der Waals surface area (Å²) in [7, 11) is 0. The van der Waals surface area contributed by atoms with Crippen LogP contribution in [0.5, 0.6) is 0 Å². The number of hydrogen-bond donors (Lipinski definition) is 1. The zero-order valence-electron chi connectivity index (χ0n) is 9.30. The van der Waals surface area contributed by atoms with Crippen molar-refractivity contribution in [3.63, 3.8) is 0 Å². The van der Waals surface area contributed by atoms with Crippen LogP contribution in [0.1, 0.15) is 5.56 Å². The lowest BCUT2D eigenvalue weighted by Crippen LogP contribution is -2.49. The fourth-order valence-corrected chi connectivity index (χ4v) is 2.31. The SMILES string of the molecule is O=C(O)C1COCCN1Cc1ccccc1Br. The average Bonchev–Trinajstić information content (AvgIpc) is 2.32. The Bertz CT molecular complexity index is 410. The third kappa shape index (κ3) is 3.06. The fraction of sp³-hybridized carbons (Fsp3) is 0.417. The summed E-state index contributed by atoms with van der Waals surface area (Å²) in [6.45, 7) is 2.13. The first kappa shape index (κ1) is 12.5. The van der Waals surface area contributed by atoms with E-state index in [0.29, 0.717) is 19.7 Å².